The second-order valence-corrected chi connectivity index (χ2v) is 5.07. The van der Waals surface area contributed by atoms with Gasteiger partial charge in [-0.2, -0.15) is 0 Å². The average molecular weight is 233 g/mol. The predicted molar refractivity (Wildman–Crippen MR) is 72.4 cm³/mol. The summed E-state index contributed by atoms with van der Waals surface area (Å²) in [6.45, 7) is 7.55. The Balaban J connectivity index is 1.77. The van der Waals surface area contributed by atoms with E-state index >= 15 is 0 Å². The summed E-state index contributed by atoms with van der Waals surface area (Å²) in [5.41, 5.74) is 3.39. The molecule has 0 radical (unpaired) electrons. The Labute approximate surface area is 104 Å². The molecule has 2 N–H and O–H groups in total. The molecule has 3 nitrogen and oxygen atoms in total. The number of anilines is 1. The Kier molecular flexibility index (Phi) is 4.37. The minimum absolute atomic E-state index is 0.847. The first-order chi connectivity index (χ1) is 8.24. The summed E-state index contributed by atoms with van der Waals surface area (Å²) >= 11 is 0. The van der Waals surface area contributed by atoms with Gasteiger partial charge in [0.05, 0.1) is 0 Å². The summed E-state index contributed by atoms with van der Waals surface area (Å²) in [4.78, 5) is 4.38. The minimum atomic E-state index is 0.847. The van der Waals surface area contributed by atoms with E-state index in [0.29, 0.717) is 0 Å². The molecule has 1 aromatic rings. The van der Waals surface area contributed by atoms with Crippen LogP contribution >= 0.6 is 0 Å². The minimum Gasteiger partial charge on any atom is -0.385 e. The summed E-state index contributed by atoms with van der Waals surface area (Å²) in [6.07, 6.45) is 3.97. The maximum Gasteiger partial charge on any atom is 0.0396 e. The first-order valence-corrected chi connectivity index (χ1v) is 6.64. The van der Waals surface area contributed by atoms with E-state index in [4.69, 9.17) is 0 Å². The van der Waals surface area contributed by atoms with Crippen molar-refractivity contribution in [3.8, 4) is 0 Å². The molecule has 2 heterocycles. The molecule has 1 aliphatic heterocycles. The highest BCUT2D eigenvalue weighted by molar-refractivity contribution is 5.44. The molecule has 0 aromatic carbocycles. The topological polar surface area (TPSA) is 37.0 Å². The summed E-state index contributed by atoms with van der Waals surface area (Å²) in [7, 11) is 0. The zero-order valence-electron chi connectivity index (χ0n) is 10.9. The summed E-state index contributed by atoms with van der Waals surface area (Å²) in [6, 6.07) is 4.23. The van der Waals surface area contributed by atoms with Crippen LogP contribution in [-0.4, -0.2) is 24.6 Å². The highest BCUT2D eigenvalue weighted by Gasteiger charge is 2.11. The Morgan fingerprint density at radius 3 is 2.76 bits per heavy atom. The quantitative estimate of drug-likeness (QED) is 0.839. The van der Waals surface area contributed by atoms with Gasteiger partial charge in [0.15, 0.2) is 0 Å². The first kappa shape index (κ1) is 12.4. The van der Waals surface area contributed by atoms with Crippen LogP contribution in [0.25, 0.3) is 0 Å². The molecule has 1 unspecified atom stereocenters. The van der Waals surface area contributed by atoms with Crippen LogP contribution in [0.3, 0.4) is 0 Å². The van der Waals surface area contributed by atoms with Crippen molar-refractivity contribution in [3.05, 3.63) is 23.5 Å². The number of nitrogens with zero attached hydrogens (tertiary/aromatic N) is 1. The maximum absolute atomic E-state index is 4.38. The number of nitrogens with one attached hydrogen (secondary N) is 2. The van der Waals surface area contributed by atoms with Gasteiger partial charge in [0.1, 0.15) is 0 Å². The van der Waals surface area contributed by atoms with E-state index in [1.165, 1.54) is 38.0 Å². The van der Waals surface area contributed by atoms with Gasteiger partial charge < -0.3 is 10.6 Å². The molecule has 1 saturated heterocycles. The van der Waals surface area contributed by atoms with Gasteiger partial charge in [-0.1, -0.05) is 0 Å². The number of hydrogen-bond donors (Lipinski definition) is 2. The third kappa shape index (κ3) is 4.00. The molecule has 0 spiro atoms. The van der Waals surface area contributed by atoms with Crippen LogP contribution < -0.4 is 10.6 Å². The van der Waals surface area contributed by atoms with Gasteiger partial charge in [-0.15, -0.1) is 0 Å². The van der Waals surface area contributed by atoms with Crippen molar-refractivity contribution in [3.63, 3.8) is 0 Å². The number of rotatable bonds is 4. The second-order valence-electron chi connectivity index (χ2n) is 5.07. The van der Waals surface area contributed by atoms with Gasteiger partial charge >= 0.3 is 0 Å². The number of pyridine rings is 1. The Morgan fingerprint density at radius 1 is 1.35 bits per heavy atom. The van der Waals surface area contributed by atoms with Crippen molar-refractivity contribution < 1.29 is 0 Å². The van der Waals surface area contributed by atoms with Crippen LogP contribution in [0.2, 0.25) is 0 Å². The van der Waals surface area contributed by atoms with Crippen molar-refractivity contribution in [2.45, 2.75) is 33.1 Å². The van der Waals surface area contributed by atoms with E-state index in [0.717, 1.165) is 23.9 Å². The Bertz CT molecular complexity index is 336. The van der Waals surface area contributed by atoms with E-state index in [1.807, 2.05) is 13.8 Å². The van der Waals surface area contributed by atoms with Crippen molar-refractivity contribution >= 4 is 5.69 Å². The number of hydrogen-bond acceptors (Lipinski definition) is 3. The molecule has 0 amide bonds. The van der Waals surface area contributed by atoms with E-state index in [2.05, 4.69) is 27.8 Å². The fraction of sp³-hybridized carbons (Fsp3) is 0.643. The van der Waals surface area contributed by atoms with Gasteiger partial charge in [0.25, 0.3) is 0 Å². The lowest BCUT2D eigenvalue weighted by molar-refractivity contribution is 0.364. The van der Waals surface area contributed by atoms with Crippen LogP contribution in [-0.2, 0) is 0 Å². The Morgan fingerprint density at radius 2 is 2.12 bits per heavy atom. The predicted octanol–water partition coefficient (Wildman–Crippen LogP) is 2.50. The van der Waals surface area contributed by atoms with Crippen LogP contribution in [0, 0.1) is 19.8 Å². The van der Waals surface area contributed by atoms with Crippen molar-refractivity contribution in [2.24, 2.45) is 5.92 Å². The normalized spacial score (nSPS) is 20.2. The monoisotopic (exact) mass is 233 g/mol. The SMILES string of the molecule is Cc1cc(NCCC2CCCNC2)cc(C)n1. The average Bonchev–Trinajstić information content (AvgIpc) is 2.29. The zero-order valence-corrected chi connectivity index (χ0v) is 10.9. The van der Waals surface area contributed by atoms with E-state index in [9.17, 15) is 0 Å². The van der Waals surface area contributed by atoms with Crippen LogP contribution in [0.15, 0.2) is 12.1 Å². The molecule has 2 rings (SSSR count). The molecule has 0 aliphatic carbocycles. The fourth-order valence-corrected chi connectivity index (χ4v) is 2.53. The number of aromatic nitrogens is 1. The molecule has 0 bridgehead atoms. The lowest BCUT2D eigenvalue weighted by Gasteiger charge is -2.22. The van der Waals surface area contributed by atoms with Crippen LogP contribution in [0.1, 0.15) is 30.7 Å². The molecule has 1 atom stereocenters. The summed E-state index contributed by atoms with van der Waals surface area (Å²) in [5.74, 6) is 0.847. The van der Waals surface area contributed by atoms with E-state index < -0.39 is 0 Å². The van der Waals surface area contributed by atoms with Gasteiger partial charge in [0, 0.05) is 23.6 Å². The summed E-state index contributed by atoms with van der Waals surface area (Å²) < 4.78 is 0. The maximum atomic E-state index is 4.38. The van der Waals surface area contributed by atoms with Crippen LogP contribution in [0.5, 0.6) is 0 Å². The van der Waals surface area contributed by atoms with Gasteiger partial charge in [-0.05, 0) is 64.3 Å². The molecule has 17 heavy (non-hydrogen) atoms. The second kappa shape index (κ2) is 6.01. The van der Waals surface area contributed by atoms with Crippen molar-refractivity contribution in [1.82, 2.24) is 10.3 Å². The van der Waals surface area contributed by atoms with Gasteiger partial charge in [0.2, 0.25) is 0 Å². The fourth-order valence-electron chi connectivity index (χ4n) is 2.53. The number of aryl methyl sites for hydroxylation is 2. The summed E-state index contributed by atoms with van der Waals surface area (Å²) in [5, 5.41) is 6.97. The zero-order chi connectivity index (χ0) is 12.1. The van der Waals surface area contributed by atoms with Gasteiger partial charge in [-0.3, -0.25) is 4.98 Å². The van der Waals surface area contributed by atoms with Crippen LogP contribution in [0.4, 0.5) is 5.69 Å². The first-order valence-electron chi connectivity index (χ1n) is 6.64. The third-order valence-corrected chi connectivity index (χ3v) is 3.36. The lowest BCUT2D eigenvalue weighted by Crippen LogP contribution is -2.30. The standard InChI is InChI=1S/C14H23N3/c1-11-8-14(9-12(2)17-11)16-7-5-13-4-3-6-15-10-13/h8-9,13,15H,3-7,10H2,1-2H3,(H,16,17). The highest BCUT2D eigenvalue weighted by Crippen LogP contribution is 2.15. The third-order valence-electron chi connectivity index (χ3n) is 3.36. The highest BCUT2D eigenvalue weighted by atomic mass is 14.9. The molecule has 1 fully saturated rings. The molecule has 1 aromatic heterocycles. The smallest absolute Gasteiger partial charge is 0.0396 e. The van der Waals surface area contributed by atoms with E-state index in [-0.39, 0.29) is 0 Å². The number of piperidine rings is 1. The van der Waals surface area contributed by atoms with E-state index in [1.54, 1.807) is 0 Å². The lowest BCUT2D eigenvalue weighted by atomic mass is 9.96. The largest absolute Gasteiger partial charge is 0.385 e. The molecule has 1 aliphatic rings. The molecule has 94 valence electrons. The van der Waals surface area contributed by atoms with Crippen molar-refractivity contribution in [2.75, 3.05) is 25.0 Å². The Hall–Kier alpha value is -1.09. The van der Waals surface area contributed by atoms with Gasteiger partial charge in [-0.25, -0.2) is 0 Å². The molecular weight excluding hydrogens is 210 g/mol. The van der Waals surface area contributed by atoms with Crippen molar-refractivity contribution in [1.29, 1.82) is 0 Å². The molecule has 0 saturated carbocycles. The molecule has 3 heteroatoms. The molecular formula is C14H23N3.